The molecule has 29 heavy (non-hydrogen) atoms. The van der Waals surface area contributed by atoms with Gasteiger partial charge in [0.05, 0.1) is 14.2 Å². The van der Waals surface area contributed by atoms with Crippen molar-refractivity contribution >= 4 is 23.9 Å². The van der Waals surface area contributed by atoms with Gasteiger partial charge in [0.15, 0.2) is 11.5 Å². The van der Waals surface area contributed by atoms with Gasteiger partial charge < -0.3 is 19.7 Å². The number of imide groups is 1. The second-order valence-corrected chi connectivity index (χ2v) is 7.55. The Morgan fingerprint density at radius 2 is 1.79 bits per heavy atom. The lowest BCUT2D eigenvalue weighted by Crippen LogP contribution is -2.55. The van der Waals surface area contributed by atoms with Gasteiger partial charge in [0.2, 0.25) is 5.91 Å². The highest BCUT2D eigenvalue weighted by Gasteiger charge is 2.53. The van der Waals surface area contributed by atoms with Gasteiger partial charge in [-0.3, -0.25) is 14.5 Å². The molecule has 1 aromatic rings. The number of benzene rings is 1. The van der Waals surface area contributed by atoms with Gasteiger partial charge in [0, 0.05) is 25.2 Å². The zero-order valence-electron chi connectivity index (χ0n) is 17.2. The smallest absolute Gasteiger partial charge is 0.325 e. The molecule has 0 radical (unpaired) electrons. The van der Waals surface area contributed by atoms with Crippen LogP contribution < -0.4 is 14.8 Å². The predicted molar refractivity (Wildman–Crippen MR) is 108 cm³/mol. The number of hydrogen-bond acceptors (Lipinski definition) is 5. The van der Waals surface area contributed by atoms with Crippen LogP contribution in [0.3, 0.4) is 0 Å². The highest BCUT2D eigenvalue weighted by atomic mass is 16.5. The highest BCUT2D eigenvalue weighted by molar-refractivity contribution is 6.07. The largest absolute Gasteiger partial charge is 0.493 e. The number of methoxy groups -OCH3 is 2. The Labute approximate surface area is 170 Å². The van der Waals surface area contributed by atoms with Crippen molar-refractivity contribution in [3.63, 3.8) is 0 Å². The maximum absolute atomic E-state index is 12.7. The molecule has 2 aliphatic rings. The van der Waals surface area contributed by atoms with E-state index in [1.807, 2.05) is 19.9 Å². The van der Waals surface area contributed by atoms with E-state index in [0.717, 1.165) is 5.56 Å². The molecule has 0 saturated carbocycles. The van der Waals surface area contributed by atoms with Crippen LogP contribution in [0.2, 0.25) is 0 Å². The summed E-state index contributed by atoms with van der Waals surface area (Å²) in [6, 6.07) is 4.87. The van der Waals surface area contributed by atoms with Gasteiger partial charge >= 0.3 is 6.03 Å². The van der Waals surface area contributed by atoms with Crippen LogP contribution in [0.25, 0.3) is 6.08 Å². The standard InChI is InChI=1S/C21H27N3O5/c1-14(2)24-19(26)21(22-20(24)27)9-11-23(12-10-21)18(25)8-6-15-5-7-16(28-3)17(13-15)29-4/h5-8,13-14H,9-12H2,1-4H3,(H,22,27)/b8-6+. The second kappa shape index (κ2) is 8.14. The first kappa shape index (κ1) is 20.7. The van der Waals surface area contributed by atoms with E-state index in [9.17, 15) is 14.4 Å². The SMILES string of the molecule is COc1ccc(/C=C/C(=O)N2CCC3(CC2)NC(=O)N(C(C)C)C3=O)cc1OC. The summed E-state index contributed by atoms with van der Waals surface area (Å²) in [7, 11) is 3.13. The topological polar surface area (TPSA) is 88.2 Å². The minimum Gasteiger partial charge on any atom is -0.493 e. The summed E-state index contributed by atoms with van der Waals surface area (Å²) in [6.45, 7) is 4.45. The molecule has 2 heterocycles. The van der Waals surface area contributed by atoms with E-state index < -0.39 is 5.54 Å². The number of carbonyl (C=O) groups excluding carboxylic acids is 3. The van der Waals surface area contributed by atoms with E-state index in [0.29, 0.717) is 37.4 Å². The molecular formula is C21H27N3O5. The van der Waals surface area contributed by atoms with Crippen LogP contribution in [0, 0.1) is 0 Å². The summed E-state index contributed by atoms with van der Waals surface area (Å²) in [5.74, 6) is 0.890. The molecule has 4 amide bonds. The third-order valence-corrected chi connectivity index (χ3v) is 5.46. The quantitative estimate of drug-likeness (QED) is 0.603. The number of rotatable bonds is 5. The van der Waals surface area contributed by atoms with Crippen molar-refractivity contribution in [3.8, 4) is 11.5 Å². The maximum Gasteiger partial charge on any atom is 0.325 e. The Morgan fingerprint density at radius 3 is 2.34 bits per heavy atom. The second-order valence-electron chi connectivity index (χ2n) is 7.55. The van der Waals surface area contributed by atoms with E-state index >= 15 is 0 Å². The number of nitrogens with one attached hydrogen (secondary N) is 1. The van der Waals surface area contributed by atoms with Crippen LogP contribution in [0.5, 0.6) is 11.5 Å². The Balaban J connectivity index is 1.63. The summed E-state index contributed by atoms with van der Waals surface area (Å²) < 4.78 is 10.5. The highest BCUT2D eigenvalue weighted by Crippen LogP contribution is 2.31. The average molecular weight is 401 g/mol. The number of hydrogen-bond donors (Lipinski definition) is 1. The van der Waals surface area contributed by atoms with Crippen molar-refractivity contribution in [1.29, 1.82) is 0 Å². The molecule has 8 nitrogen and oxygen atoms in total. The van der Waals surface area contributed by atoms with Gasteiger partial charge in [0.1, 0.15) is 5.54 Å². The number of carbonyl (C=O) groups is 3. The number of amides is 4. The summed E-state index contributed by atoms with van der Waals surface area (Å²) in [6.07, 6.45) is 4.06. The predicted octanol–water partition coefficient (Wildman–Crippen LogP) is 2.04. The lowest BCUT2D eigenvalue weighted by molar-refractivity contribution is -0.137. The number of urea groups is 1. The van der Waals surface area contributed by atoms with Crippen molar-refractivity contribution in [2.75, 3.05) is 27.3 Å². The fourth-order valence-electron chi connectivity index (χ4n) is 3.79. The zero-order valence-corrected chi connectivity index (χ0v) is 17.2. The van der Waals surface area contributed by atoms with Crippen LogP contribution >= 0.6 is 0 Å². The molecule has 1 N–H and O–H groups in total. The van der Waals surface area contributed by atoms with E-state index in [1.165, 1.54) is 11.0 Å². The molecule has 156 valence electrons. The lowest BCUT2D eigenvalue weighted by Gasteiger charge is -2.37. The molecule has 0 unspecified atom stereocenters. The van der Waals surface area contributed by atoms with Crippen molar-refractivity contribution < 1.29 is 23.9 Å². The Kier molecular flexibility index (Phi) is 5.81. The fourth-order valence-corrected chi connectivity index (χ4v) is 3.79. The lowest BCUT2D eigenvalue weighted by atomic mass is 9.87. The van der Waals surface area contributed by atoms with Gasteiger partial charge in [-0.1, -0.05) is 6.07 Å². The number of likely N-dealkylation sites (tertiary alicyclic amines) is 1. The van der Waals surface area contributed by atoms with Crippen LogP contribution in [0.4, 0.5) is 4.79 Å². The first-order valence-corrected chi connectivity index (χ1v) is 9.66. The van der Waals surface area contributed by atoms with Crippen molar-refractivity contribution in [2.45, 2.75) is 38.3 Å². The molecule has 3 rings (SSSR count). The van der Waals surface area contributed by atoms with Crippen LogP contribution in [-0.2, 0) is 9.59 Å². The van der Waals surface area contributed by atoms with Gasteiger partial charge in [-0.15, -0.1) is 0 Å². The molecule has 2 fully saturated rings. The van der Waals surface area contributed by atoms with Gasteiger partial charge in [-0.05, 0) is 50.5 Å². The van der Waals surface area contributed by atoms with Crippen molar-refractivity contribution in [2.24, 2.45) is 0 Å². The third kappa shape index (κ3) is 3.92. The number of piperidine rings is 1. The average Bonchev–Trinajstić information content (AvgIpc) is 2.95. The molecule has 2 aliphatic heterocycles. The normalized spacial score (nSPS) is 18.7. The molecular weight excluding hydrogens is 374 g/mol. The fraction of sp³-hybridized carbons (Fsp3) is 0.476. The summed E-state index contributed by atoms with van der Waals surface area (Å²) in [5.41, 5.74) is -0.0687. The van der Waals surface area contributed by atoms with E-state index in [-0.39, 0.29) is 23.9 Å². The zero-order chi connectivity index (χ0) is 21.2. The van der Waals surface area contributed by atoms with Crippen LogP contribution in [-0.4, -0.2) is 66.5 Å². The van der Waals surface area contributed by atoms with Crippen molar-refractivity contribution in [1.82, 2.24) is 15.1 Å². The molecule has 0 aromatic heterocycles. The minimum atomic E-state index is -0.884. The minimum absolute atomic E-state index is 0.132. The molecule has 1 aromatic carbocycles. The molecule has 0 aliphatic carbocycles. The van der Waals surface area contributed by atoms with E-state index in [1.54, 1.807) is 37.3 Å². The van der Waals surface area contributed by atoms with Crippen LogP contribution in [0.15, 0.2) is 24.3 Å². The monoisotopic (exact) mass is 401 g/mol. The molecule has 2 saturated heterocycles. The maximum atomic E-state index is 12.7. The van der Waals surface area contributed by atoms with E-state index in [4.69, 9.17) is 9.47 Å². The molecule has 1 spiro atoms. The van der Waals surface area contributed by atoms with Gasteiger partial charge in [0.25, 0.3) is 5.91 Å². The summed E-state index contributed by atoms with van der Waals surface area (Å²) in [4.78, 5) is 40.4. The Bertz CT molecular complexity index is 841. The summed E-state index contributed by atoms with van der Waals surface area (Å²) in [5, 5.41) is 2.85. The molecule has 0 atom stereocenters. The molecule has 8 heteroatoms. The Hall–Kier alpha value is -3.03. The Morgan fingerprint density at radius 1 is 1.14 bits per heavy atom. The number of ether oxygens (including phenoxy) is 2. The first-order valence-electron chi connectivity index (χ1n) is 9.66. The van der Waals surface area contributed by atoms with Crippen LogP contribution in [0.1, 0.15) is 32.3 Å². The first-order chi connectivity index (χ1) is 13.8. The van der Waals surface area contributed by atoms with Gasteiger partial charge in [-0.25, -0.2) is 4.79 Å². The van der Waals surface area contributed by atoms with Gasteiger partial charge in [-0.2, -0.15) is 0 Å². The van der Waals surface area contributed by atoms with E-state index in [2.05, 4.69) is 5.32 Å². The number of nitrogens with zero attached hydrogens (tertiary/aromatic N) is 2. The van der Waals surface area contributed by atoms with Crippen molar-refractivity contribution in [3.05, 3.63) is 29.8 Å². The summed E-state index contributed by atoms with van der Waals surface area (Å²) >= 11 is 0. The molecule has 0 bridgehead atoms. The third-order valence-electron chi connectivity index (χ3n) is 5.46.